The van der Waals surface area contributed by atoms with Gasteiger partial charge in [0.2, 0.25) is 0 Å². The monoisotopic (exact) mass is 468 g/mol. The number of nitrogens with one attached hydrogen (secondary N) is 1. The summed E-state index contributed by atoms with van der Waals surface area (Å²) in [7, 11) is 0. The van der Waals surface area contributed by atoms with Crippen molar-refractivity contribution in [2.24, 2.45) is 10.2 Å². The first-order valence-electron chi connectivity index (χ1n) is 8.46. The number of rotatable bonds is 6. The molecule has 0 radical (unpaired) electrons. The van der Waals surface area contributed by atoms with Gasteiger partial charge in [-0.3, -0.25) is 14.9 Å². The molecule has 0 bridgehead atoms. The van der Waals surface area contributed by atoms with Crippen LogP contribution in [0.3, 0.4) is 0 Å². The molecular weight excluding hydrogens is 456 g/mol. The Balaban J connectivity index is 1.55. The molecule has 0 aliphatic heterocycles. The molecule has 0 atom stereocenters. The van der Waals surface area contributed by atoms with Crippen molar-refractivity contribution < 1.29 is 19.3 Å². The van der Waals surface area contributed by atoms with Crippen molar-refractivity contribution in [3.05, 3.63) is 98.5 Å². The molecule has 0 heterocycles. The molecule has 3 aromatic carbocycles. The topological polar surface area (TPSA) is 123 Å². The van der Waals surface area contributed by atoms with Gasteiger partial charge in [-0.25, -0.2) is 10.3 Å². The standard InChI is InChI=1S/C20H13BrN4O5/c21-15-5-1-14(2-6-15)20(27)30-24-17-9-7-16(8-10-17)22-23-19(26)13-3-11-18(12-4-13)25(28)29/h1-12,24H. The number of non-ortho nitro benzene ring substituents is 1. The molecule has 150 valence electrons. The van der Waals surface area contributed by atoms with E-state index in [2.05, 4.69) is 31.6 Å². The highest BCUT2D eigenvalue weighted by atomic mass is 79.9. The van der Waals surface area contributed by atoms with Gasteiger partial charge in [-0.15, -0.1) is 10.2 Å². The molecule has 0 saturated heterocycles. The van der Waals surface area contributed by atoms with Gasteiger partial charge in [0.1, 0.15) is 0 Å². The molecule has 9 nitrogen and oxygen atoms in total. The van der Waals surface area contributed by atoms with Gasteiger partial charge in [0, 0.05) is 22.2 Å². The maximum Gasteiger partial charge on any atom is 0.362 e. The van der Waals surface area contributed by atoms with E-state index >= 15 is 0 Å². The summed E-state index contributed by atoms with van der Waals surface area (Å²) in [5.41, 5.74) is 3.89. The number of hydrogen-bond donors (Lipinski definition) is 1. The van der Waals surface area contributed by atoms with Crippen LogP contribution in [-0.2, 0) is 4.84 Å². The smallest absolute Gasteiger partial charge is 0.338 e. The molecule has 0 saturated carbocycles. The van der Waals surface area contributed by atoms with E-state index in [1.54, 1.807) is 48.5 Å². The number of anilines is 1. The first kappa shape index (κ1) is 20.8. The average Bonchev–Trinajstić information content (AvgIpc) is 2.77. The summed E-state index contributed by atoms with van der Waals surface area (Å²) in [5, 5.41) is 18.1. The summed E-state index contributed by atoms with van der Waals surface area (Å²) in [5.74, 6) is -1.17. The Morgan fingerprint density at radius 2 is 1.50 bits per heavy atom. The van der Waals surface area contributed by atoms with Crippen molar-refractivity contribution in [3.63, 3.8) is 0 Å². The summed E-state index contributed by atoms with van der Waals surface area (Å²) in [6.07, 6.45) is 0. The summed E-state index contributed by atoms with van der Waals surface area (Å²) < 4.78 is 0.851. The van der Waals surface area contributed by atoms with Crippen molar-refractivity contribution in [2.45, 2.75) is 0 Å². The summed E-state index contributed by atoms with van der Waals surface area (Å²) >= 11 is 3.29. The zero-order valence-corrected chi connectivity index (χ0v) is 16.8. The van der Waals surface area contributed by atoms with Crippen LogP contribution in [0.2, 0.25) is 0 Å². The zero-order chi connectivity index (χ0) is 21.5. The Morgan fingerprint density at radius 1 is 0.900 bits per heavy atom. The Kier molecular flexibility index (Phi) is 6.60. The first-order valence-corrected chi connectivity index (χ1v) is 9.25. The molecule has 10 heteroatoms. The maximum atomic E-state index is 12.0. The van der Waals surface area contributed by atoms with Gasteiger partial charge in [-0.1, -0.05) is 15.9 Å². The third-order valence-corrected chi connectivity index (χ3v) is 4.32. The van der Waals surface area contributed by atoms with E-state index in [0.717, 1.165) is 4.47 Å². The normalized spacial score (nSPS) is 10.6. The van der Waals surface area contributed by atoms with Crippen molar-refractivity contribution >= 4 is 44.9 Å². The zero-order valence-electron chi connectivity index (χ0n) is 15.2. The van der Waals surface area contributed by atoms with E-state index in [1.807, 2.05) is 0 Å². The molecule has 3 rings (SSSR count). The summed E-state index contributed by atoms with van der Waals surface area (Å²) in [4.78, 5) is 39.0. The number of benzene rings is 3. The van der Waals surface area contributed by atoms with Crippen molar-refractivity contribution in [2.75, 3.05) is 5.48 Å². The van der Waals surface area contributed by atoms with Gasteiger partial charge in [0.25, 0.3) is 11.6 Å². The number of nitro groups is 1. The molecule has 3 aromatic rings. The van der Waals surface area contributed by atoms with Gasteiger partial charge in [-0.05, 0) is 60.7 Å². The predicted octanol–water partition coefficient (Wildman–Crippen LogP) is 5.47. The lowest BCUT2D eigenvalue weighted by atomic mass is 10.2. The Labute approximate surface area is 178 Å². The number of hydrogen-bond acceptors (Lipinski definition) is 7. The number of nitro benzene ring substituents is 1. The van der Waals surface area contributed by atoms with E-state index in [-0.39, 0.29) is 11.3 Å². The highest BCUT2D eigenvalue weighted by Crippen LogP contribution is 2.19. The van der Waals surface area contributed by atoms with Crippen LogP contribution in [0.5, 0.6) is 0 Å². The Bertz CT molecular complexity index is 1100. The molecule has 1 N–H and O–H groups in total. The number of halogens is 1. The molecule has 0 aliphatic carbocycles. The second kappa shape index (κ2) is 9.52. The van der Waals surface area contributed by atoms with Crippen molar-refractivity contribution in [1.29, 1.82) is 0 Å². The summed E-state index contributed by atoms with van der Waals surface area (Å²) in [6, 6.07) is 18.1. The molecule has 0 spiro atoms. The fourth-order valence-corrected chi connectivity index (χ4v) is 2.50. The molecule has 0 fully saturated rings. The second-order valence-corrected chi connectivity index (χ2v) is 6.77. The van der Waals surface area contributed by atoms with E-state index in [0.29, 0.717) is 16.9 Å². The van der Waals surface area contributed by atoms with Crippen LogP contribution in [0.1, 0.15) is 20.7 Å². The minimum atomic E-state index is -0.629. The predicted molar refractivity (Wildman–Crippen MR) is 112 cm³/mol. The number of nitrogens with zero attached hydrogens (tertiary/aromatic N) is 3. The SMILES string of the molecule is O=C(N=Nc1ccc(NOC(=O)c2ccc(Br)cc2)cc1)c1ccc([N+](=O)[O-])cc1. The van der Waals surface area contributed by atoms with Crippen LogP contribution >= 0.6 is 15.9 Å². The molecule has 0 aliphatic rings. The highest BCUT2D eigenvalue weighted by Gasteiger charge is 2.09. The minimum Gasteiger partial charge on any atom is -0.338 e. The number of amides is 1. The number of carbonyl (C=O) groups excluding carboxylic acids is 2. The second-order valence-electron chi connectivity index (χ2n) is 5.85. The van der Waals surface area contributed by atoms with Gasteiger partial charge >= 0.3 is 5.97 Å². The lowest BCUT2D eigenvalue weighted by Gasteiger charge is -2.07. The number of azo groups is 1. The molecule has 0 aromatic heterocycles. The van der Waals surface area contributed by atoms with E-state index in [9.17, 15) is 19.7 Å². The fraction of sp³-hybridized carbons (Fsp3) is 0. The van der Waals surface area contributed by atoms with Crippen molar-refractivity contribution in [3.8, 4) is 0 Å². The van der Waals surface area contributed by atoms with E-state index in [1.165, 1.54) is 24.3 Å². The summed E-state index contributed by atoms with van der Waals surface area (Å²) in [6.45, 7) is 0. The van der Waals surface area contributed by atoms with Gasteiger partial charge in [0.05, 0.1) is 21.9 Å². The quantitative estimate of drug-likeness (QED) is 0.290. The third kappa shape index (κ3) is 5.55. The highest BCUT2D eigenvalue weighted by molar-refractivity contribution is 9.10. The van der Waals surface area contributed by atoms with Crippen LogP contribution in [0.25, 0.3) is 0 Å². The average molecular weight is 469 g/mol. The molecule has 30 heavy (non-hydrogen) atoms. The maximum absolute atomic E-state index is 12.0. The lowest BCUT2D eigenvalue weighted by Crippen LogP contribution is -2.10. The largest absolute Gasteiger partial charge is 0.362 e. The van der Waals surface area contributed by atoms with Crippen LogP contribution in [0, 0.1) is 10.1 Å². The van der Waals surface area contributed by atoms with Crippen LogP contribution in [-0.4, -0.2) is 16.8 Å². The van der Waals surface area contributed by atoms with Crippen LogP contribution < -0.4 is 5.48 Å². The van der Waals surface area contributed by atoms with Gasteiger partial charge < -0.3 is 4.84 Å². The first-order chi connectivity index (χ1) is 14.4. The molecular formula is C20H13BrN4O5. The lowest BCUT2D eigenvalue weighted by molar-refractivity contribution is -0.384. The fourth-order valence-electron chi connectivity index (χ4n) is 2.23. The van der Waals surface area contributed by atoms with Crippen LogP contribution in [0.4, 0.5) is 17.1 Å². The third-order valence-electron chi connectivity index (χ3n) is 3.79. The van der Waals surface area contributed by atoms with Crippen LogP contribution in [0.15, 0.2) is 87.5 Å². The molecule has 0 unspecified atom stereocenters. The van der Waals surface area contributed by atoms with Crippen molar-refractivity contribution in [1.82, 2.24) is 0 Å². The minimum absolute atomic E-state index is 0.118. The van der Waals surface area contributed by atoms with Gasteiger partial charge in [-0.2, -0.15) is 0 Å². The molecule has 1 amide bonds. The van der Waals surface area contributed by atoms with E-state index < -0.39 is 16.8 Å². The van der Waals surface area contributed by atoms with Gasteiger partial charge in [0.15, 0.2) is 0 Å². The number of carbonyl (C=O) groups is 2. The van der Waals surface area contributed by atoms with E-state index in [4.69, 9.17) is 4.84 Å². The Morgan fingerprint density at radius 3 is 2.10 bits per heavy atom. The Hall–Kier alpha value is -3.92.